The van der Waals surface area contributed by atoms with Crippen molar-refractivity contribution in [3.8, 4) is 11.1 Å². The minimum Gasteiger partial charge on any atom is -0.322 e. The van der Waals surface area contributed by atoms with E-state index in [1.807, 2.05) is 12.1 Å². The van der Waals surface area contributed by atoms with Crippen LogP contribution in [0.15, 0.2) is 47.6 Å². The lowest BCUT2D eigenvalue weighted by atomic mass is 9.97. The first-order valence-corrected chi connectivity index (χ1v) is 5.69. The Kier molecular flexibility index (Phi) is 2.52. The van der Waals surface area contributed by atoms with Crippen molar-refractivity contribution in [3.05, 3.63) is 53.8 Å². The monoisotopic (exact) mass is 255 g/mol. The van der Waals surface area contributed by atoms with Crippen LogP contribution in [0.1, 0.15) is 5.56 Å². The molecule has 3 N–H and O–H groups in total. The predicted octanol–water partition coefficient (Wildman–Crippen LogP) is 2.11. The number of carbonyl (C=O) groups excluding carboxylic acids is 1. The normalized spacial score (nSPS) is 15.4. The smallest absolute Gasteiger partial charge is 0.276 e. The summed E-state index contributed by atoms with van der Waals surface area (Å²) in [6, 6.07) is 11.5. The van der Waals surface area contributed by atoms with E-state index in [1.165, 1.54) is 12.1 Å². The molecule has 0 aliphatic carbocycles. The minimum absolute atomic E-state index is 0.190. The van der Waals surface area contributed by atoms with Gasteiger partial charge in [0, 0.05) is 5.56 Å². The van der Waals surface area contributed by atoms with Crippen molar-refractivity contribution in [3.63, 3.8) is 0 Å². The Morgan fingerprint density at radius 1 is 1.11 bits per heavy atom. The van der Waals surface area contributed by atoms with E-state index in [2.05, 4.69) is 10.4 Å². The van der Waals surface area contributed by atoms with Crippen LogP contribution in [-0.2, 0) is 4.79 Å². The number of halogens is 1. The average Bonchev–Trinajstić information content (AvgIpc) is 2.74. The van der Waals surface area contributed by atoms with Gasteiger partial charge in [0.1, 0.15) is 5.82 Å². The van der Waals surface area contributed by atoms with Crippen molar-refractivity contribution < 1.29 is 9.18 Å². The van der Waals surface area contributed by atoms with Gasteiger partial charge in [0.15, 0.2) is 5.71 Å². The van der Waals surface area contributed by atoms with Crippen molar-refractivity contribution in [2.24, 2.45) is 10.9 Å². The molecule has 0 spiro atoms. The first kappa shape index (κ1) is 11.4. The Balaban J connectivity index is 2.23. The average molecular weight is 255 g/mol. The summed E-state index contributed by atoms with van der Waals surface area (Å²) in [6.45, 7) is 0. The number of rotatable bonds is 1. The number of benzene rings is 2. The molecule has 94 valence electrons. The quantitative estimate of drug-likeness (QED) is 0.605. The third-order valence-electron chi connectivity index (χ3n) is 3.05. The van der Waals surface area contributed by atoms with Gasteiger partial charge in [0.25, 0.3) is 5.91 Å². The summed E-state index contributed by atoms with van der Waals surface area (Å²) in [5.74, 6) is 4.64. The minimum atomic E-state index is -0.327. The van der Waals surface area contributed by atoms with Crippen LogP contribution in [0.5, 0.6) is 0 Å². The summed E-state index contributed by atoms with van der Waals surface area (Å²) in [6.07, 6.45) is 0. The first-order chi connectivity index (χ1) is 9.20. The molecule has 1 aliphatic heterocycles. The summed E-state index contributed by atoms with van der Waals surface area (Å²) in [5.41, 5.74) is 3.10. The third-order valence-corrected chi connectivity index (χ3v) is 3.05. The molecular formula is C14H10FN3O. The summed E-state index contributed by atoms with van der Waals surface area (Å²) >= 11 is 0. The van der Waals surface area contributed by atoms with Crippen molar-refractivity contribution in [2.75, 3.05) is 5.32 Å². The van der Waals surface area contributed by atoms with Crippen LogP contribution in [0.4, 0.5) is 10.1 Å². The van der Waals surface area contributed by atoms with Gasteiger partial charge in [-0.15, -0.1) is 0 Å². The molecule has 1 amide bonds. The van der Waals surface area contributed by atoms with Gasteiger partial charge >= 0.3 is 0 Å². The molecule has 4 nitrogen and oxygen atoms in total. The Morgan fingerprint density at radius 3 is 2.53 bits per heavy atom. The molecule has 0 unspecified atom stereocenters. The third kappa shape index (κ3) is 1.76. The SMILES string of the molecule is N/N=C1\C(=O)Nc2cccc(-c3ccc(F)cc3)c21. The van der Waals surface area contributed by atoms with Gasteiger partial charge in [-0.05, 0) is 29.3 Å². The number of carbonyl (C=O) groups is 1. The molecule has 0 atom stereocenters. The highest BCUT2D eigenvalue weighted by atomic mass is 19.1. The molecule has 1 aliphatic rings. The molecule has 19 heavy (non-hydrogen) atoms. The van der Waals surface area contributed by atoms with Gasteiger partial charge in [0.05, 0.1) is 5.69 Å². The van der Waals surface area contributed by atoms with Gasteiger partial charge in [-0.2, -0.15) is 5.10 Å². The van der Waals surface area contributed by atoms with Gasteiger partial charge in [0.2, 0.25) is 0 Å². The molecule has 0 radical (unpaired) electrons. The molecule has 0 fully saturated rings. The van der Waals surface area contributed by atoms with E-state index in [4.69, 9.17) is 5.84 Å². The number of hydrogen-bond acceptors (Lipinski definition) is 3. The van der Waals surface area contributed by atoms with Crippen LogP contribution in [-0.4, -0.2) is 11.6 Å². The maximum atomic E-state index is 13.0. The fraction of sp³-hybridized carbons (Fsp3) is 0. The summed E-state index contributed by atoms with van der Waals surface area (Å²) < 4.78 is 13.0. The summed E-state index contributed by atoms with van der Waals surface area (Å²) in [4.78, 5) is 11.7. The van der Waals surface area contributed by atoms with E-state index in [1.54, 1.807) is 18.2 Å². The Bertz CT molecular complexity index is 692. The highest BCUT2D eigenvalue weighted by Crippen LogP contribution is 2.33. The maximum Gasteiger partial charge on any atom is 0.276 e. The lowest BCUT2D eigenvalue weighted by molar-refractivity contribution is -0.110. The van der Waals surface area contributed by atoms with Gasteiger partial charge in [-0.3, -0.25) is 4.79 Å². The van der Waals surface area contributed by atoms with Crippen LogP contribution in [0.25, 0.3) is 11.1 Å². The highest BCUT2D eigenvalue weighted by molar-refractivity contribution is 6.54. The second kappa shape index (κ2) is 4.20. The lowest BCUT2D eigenvalue weighted by Crippen LogP contribution is -2.16. The second-order valence-electron chi connectivity index (χ2n) is 4.17. The fourth-order valence-electron chi connectivity index (χ4n) is 2.20. The van der Waals surface area contributed by atoms with E-state index < -0.39 is 0 Å². The number of hydrazone groups is 1. The molecule has 1 heterocycles. The van der Waals surface area contributed by atoms with Crippen molar-refractivity contribution in [2.45, 2.75) is 0 Å². The van der Waals surface area contributed by atoms with E-state index in [9.17, 15) is 9.18 Å². The van der Waals surface area contributed by atoms with Crippen molar-refractivity contribution in [1.82, 2.24) is 0 Å². The summed E-state index contributed by atoms with van der Waals surface area (Å²) in [5, 5.41) is 6.24. The zero-order valence-corrected chi connectivity index (χ0v) is 9.85. The van der Waals surface area contributed by atoms with E-state index in [0.29, 0.717) is 11.3 Å². The molecule has 0 saturated heterocycles. The zero-order chi connectivity index (χ0) is 13.4. The molecule has 0 saturated carbocycles. The standard InChI is InChI=1S/C14H10FN3O/c15-9-6-4-8(5-7-9)10-2-1-3-11-12(10)13(18-16)14(19)17-11/h1-7H,16H2,(H,17,18,19). The van der Waals surface area contributed by atoms with E-state index >= 15 is 0 Å². The van der Waals surface area contributed by atoms with Crippen LogP contribution in [0.3, 0.4) is 0 Å². The number of nitrogens with zero attached hydrogens (tertiary/aromatic N) is 1. The topological polar surface area (TPSA) is 67.5 Å². The fourth-order valence-corrected chi connectivity index (χ4v) is 2.20. The number of hydrogen-bond donors (Lipinski definition) is 2. The zero-order valence-electron chi connectivity index (χ0n) is 9.85. The highest BCUT2D eigenvalue weighted by Gasteiger charge is 2.28. The van der Waals surface area contributed by atoms with Crippen LogP contribution < -0.4 is 11.2 Å². The Hall–Kier alpha value is -2.69. The molecular weight excluding hydrogens is 245 g/mol. The van der Waals surface area contributed by atoms with Crippen molar-refractivity contribution in [1.29, 1.82) is 0 Å². The number of nitrogens with one attached hydrogen (secondary N) is 1. The largest absolute Gasteiger partial charge is 0.322 e. The molecule has 0 aromatic heterocycles. The number of amides is 1. The maximum absolute atomic E-state index is 13.0. The molecule has 5 heteroatoms. The van der Waals surface area contributed by atoms with Crippen LogP contribution in [0, 0.1) is 5.82 Å². The number of fused-ring (bicyclic) bond motifs is 1. The number of nitrogens with two attached hydrogens (primary N) is 1. The summed E-state index contributed by atoms with van der Waals surface area (Å²) in [7, 11) is 0. The molecule has 0 bridgehead atoms. The first-order valence-electron chi connectivity index (χ1n) is 5.69. The van der Waals surface area contributed by atoms with Crippen LogP contribution in [0.2, 0.25) is 0 Å². The van der Waals surface area contributed by atoms with Gasteiger partial charge in [-0.25, -0.2) is 4.39 Å². The number of anilines is 1. The lowest BCUT2D eigenvalue weighted by Gasteiger charge is -2.07. The van der Waals surface area contributed by atoms with E-state index in [-0.39, 0.29) is 17.4 Å². The Labute approximate surface area is 108 Å². The van der Waals surface area contributed by atoms with E-state index in [0.717, 1.165) is 11.1 Å². The molecule has 3 rings (SSSR count). The van der Waals surface area contributed by atoms with Crippen molar-refractivity contribution >= 4 is 17.3 Å². The van der Waals surface area contributed by atoms with Gasteiger partial charge < -0.3 is 11.2 Å². The Morgan fingerprint density at radius 2 is 1.84 bits per heavy atom. The molecule has 2 aromatic carbocycles. The second-order valence-corrected chi connectivity index (χ2v) is 4.17. The predicted molar refractivity (Wildman–Crippen MR) is 71.2 cm³/mol. The molecule has 2 aromatic rings. The van der Waals surface area contributed by atoms with Crippen LogP contribution >= 0.6 is 0 Å². The van der Waals surface area contributed by atoms with Gasteiger partial charge in [-0.1, -0.05) is 24.3 Å².